The van der Waals surface area contributed by atoms with Gasteiger partial charge in [0.25, 0.3) is 0 Å². The van der Waals surface area contributed by atoms with E-state index in [9.17, 15) is 0 Å². The van der Waals surface area contributed by atoms with Crippen LogP contribution in [0.4, 0.5) is 0 Å². The molecule has 3 rings (SSSR count). The quantitative estimate of drug-likeness (QED) is 0.644. The van der Waals surface area contributed by atoms with Crippen molar-refractivity contribution in [3.8, 4) is 0 Å². The molecule has 0 saturated carbocycles. The lowest BCUT2D eigenvalue weighted by Gasteiger charge is -2.28. The fraction of sp³-hybridized carbons (Fsp3) is 0.429. The Morgan fingerprint density at radius 2 is 2.00 bits per heavy atom. The van der Waals surface area contributed by atoms with Crippen LogP contribution in [0, 0.1) is 5.92 Å². The maximum atomic E-state index is 5.89. The molecule has 1 saturated heterocycles. The van der Waals surface area contributed by atoms with Gasteiger partial charge in [-0.25, -0.2) is 5.43 Å². The molecule has 1 aliphatic rings. The van der Waals surface area contributed by atoms with Crippen LogP contribution in [0.5, 0.6) is 0 Å². The molecular formula is C14H18N2O2. The van der Waals surface area contributed by atoms with Crippen molar-refractivity contribution in [2.24, 2.45) is 11.8 Å². The van der Waals surface area contributed by atoms with Crippen LogP contribution >= 0.6 is 0 Å². The third kappa shape index (κ3) is 2.14. The van der Waals surface area contributed by atoms with Gasteiger partial charge >= 0.3 is 0 Å². The topological polar surface area (TPSA) is 60.4 Å². The zero-order chi connectivity index (χ0) is 12.4. The normalized spacial score (nSPS) is 19.2. The molecule has 2 heterocycles. The Hall–Kier alpha value is -1.36. The summed E-state index contributed by atoms with van der Waals surface area (Å²) in [6, 6.07) is 10.2. The molecular weight excluding hydrogens is 228 g/mol. The van der Waals surface area contributed by atoms with Crippen LogP contribution in [0.25, 0.3) is 11.0 Å². The van der Waals surface area contributed by atoms with Crippen LogP contribution < -0.4 is 11.3 Å². The van der Waals surface area contributed by atoms with Crippen LogP contribution in [0.3, 0.4) is 0 Å². The third-order valence-corrected chi connectivity index (χ3v) is 3.67. The number of nitrogens with two attached hydrogens (primary N) is 1. The SMILES string of the molecule is NNC(c1cc2ccccc2o1)C1CCOCC1. The Kier molecular flexibility index (Phi) is 3.32. The van der Waals surface area contributed by atoms with Crippen molar-refractivity contribution in [1.82, 2.24) is 5.43 Å². The van der Waals surface area contributed by atoms with Gasteiger partial charge in [0.05, 0.1) is 6.04 Å². The summed E-state index contributed by atoms with van der Waals surface area (Å²) in [6.45, 7) is 1.62. The predicted molar refractivity (Wildman–Crippen MR) is 69.8 cm³/mol. The molecule has 1 fully saturated rings. The molecule has 4 heteroatoms. The number of nitrogens with one attached hydrogen (secondary N) is 1. The fourth-order valence-electron chi connectivity index (χ4n) is 2.66. The Morgan fingerprint density at radius 1 is 1.22 bits per heavy atom. The number of para-hydroxylation sites is 1. The smallest absolute Gasteiger partial charge is 0.134 e. The number of rotatable bonds is 3. The van der Waals surface area contributed by atoms with Crippen molar-refractivity contribution in [3.63, 3.8) is 0 Å². The minimum Gasteiger partial charge on any atom is -0.459 e. The van der Waals surface area contributed by atoms with E-state index in [1.54, 1.807) is 0 Å². The molecule has 18 heavy (non-hydrogen) atoms. The lowest BCUT2D eigenvalue weighted by Crippen LogP contribution is -2.35. The van der Waals surface area contributed by atoms with E-state index in [4.69, 9.17) is 15.0 Å². The van der Waals surface area contributed by atoms with Crippen LogP contribution in [-0.2, 0) is 4.74 Å². The van der Waals surface area contributed by atoms with Gasteiger partial charge in [0.15, 0.2) is 0 Å². The molecule has 96 valence electrons. The van der Waals surface area contributed by atoms with E-state index in [-0.39, 0.29) is 6.04 Å². The van der Waals surface area contributed by atoms with Crippen molar-refractivity contribution in [2.75, 3.05) is 13.2 Å². The highest BCUT2D eigenvalue weighted by Gasteiger charge is 2.27. The summed E-state index contributed by atoms with van der Waals surface area (Å²) in [7, 11) is 0. The van der Waals surface area contributed by atoms with Crippen molar-refractivity contribution in [3.05, 3.63) is 36.1 Å². The maximum absolute atomic E-state index is 5.89. The summed E-state index contributed by atoms with van der Waals surface area (Å²) >= 11 is 0. The van der Waals surface area contributed by atoms with Crippen LogP contribution in [0.15, 0.2) is 34.7 Å². The molecule has 1 unspecified atom stereocenters. The number of ether oxygens (including phenoxy) is 1. The summed E-state index contributed by atoms with van der Waals surface area (Å²) in [5.74, 6) is 7.10. The first kappa shape index (κ1) is 11.7. The second kappa shape index (κ2) is 5.10. The Bertz CT molecular complexity index is 484. The molecule has 0 radical (unpaired) electrons. The molecule has 1 atom stereocenters. The van der Waals surface area contributed by atoms with E-state index in [0.717, 1.165) is 42.8 Å². The van der Waals surface area contributed by atoms with E-state index >= 15 is 0 Å². The van der Waals surface area contributed by atoms with Gasteiger partial charge < -0.3 is 9.15 Å². The van der Waals surface area contributed by atoms with Crippen molar-refractivity contribution >= 4 is 11.0 Å². The highest BCUT2D eigenvalue weighted by Crippen LogP contribution is 2.32. The highest BCUT2D eigenvalue weighted by atomic mass is 16.5. The molecule has 1 aromatic heterocycles. The number of furan rings is 1. The van der Waals surface area contributed by atoms with E-state index in [2.05, 4.69) is 17.6 Å². The van der Waals surface area contributed by atoms with Crippen LogP contribution in [-0.4, -0.2) is 13.2 Å². The largest absolute Gasteiger partial charge is 0.459 e. The lowest BCUT2D eigenvalue weighted by atomic mass is 9.90. The number of hydrogen-bond acceptors (Lipinski definition) is 4. The molecule has 1 aliphatic heterocycles. The maximum Gasteiger partial charge on any atom is 0.134 e. The first-order chi connectivity index (χ1) is 8.88. The summed E-state index contributed by atoms with van der Waals surface area (Å²) < 4.78 is 11.3. The standard InChI is InChI=1S/C14H18N2O2/c15-16-14(10-5-7-17-8-6-10)13-9-11-3-1-2-4-12(11)18-13/h1-4,9-10,14,16H,5-8,15H2. The minimum atomic E-state index is 0.0706. The highest BCUT2D eigenvalue weighted by molar-refractivity contribution is 5.77. The Balaban J connectivity index is 1.90. The van der Waals surface area contributed by atoms with E-state index in [1.807, 2.05) is 18.2 Å². The summed E-state index contributed by atoms with van der Waals surface area (Å²) in [4.78, 5) is 0. The average Bonchev–Trinajstić information content (AvgIpc) is 2.84. The predicted octanol–water partition coefficient (Wildman–Crippen LogP) is 2.36. The molecule has 1 aromatic carbocycles. The number of hydrazine groups is 1. The lowest BCUT2D eigenvalue weighted by molar-refractivity contribution is 0.0509. The minimum absolute atomic E-state index is 0.0706. The molecule has 0 bridgehead atoms. The van der Waals surface area contributed by atoms with Gasteiger partial charge in [-0.15, -0.1) is 0 Å². The zero-order valence-corrected chi connectivity index (χ0v) is 10.3. The number of benzene rings is 1. The van der Waals surface area contributed by atoms with Gasteiger partial charge in [-0.05, 0) is 30.9 Å². The second-order valence-electron chi connectivity index (χ2n) is 4.78. The van der Waals surface area contributed by atoms with Gasteiger partial charge in [-0.3, -0.25) is 5.84 Å². The molecule has 0 amide bonds. The molecule has 0 aliphatic carbocycles. The Morgan fingerprint density at radius 3 is 2.72 bits per heavy atom. The fourth-order valence-corrected chi connectivity index (χ4v) is 2.66. The monoisotopic (exact) mass is 246 g/mol. The van der Waals surface area contributed by atoms with E-state index in [0.29, 0.717) is 5.92 Å². The average molecular weight is 246 g/mol. The Labute approximate surface area is 106 Å². The van der Waals surface area contributed by atoms with Gasteiger partial charge in [0, 0.05) is 18.6 Å². The second-order valence-corrected chi connectivity index (χ2v) is 4.78. The van der Waals surface area contributed by atoms with Crippen LogP contribution in [0.2, 0.25) is 0 Å². The zero-order valence-electron chi connectivity index (χ0n) is 10.3. The first-order valence-electron chi connectivity index (χ1n) is 6.41. The molecule has 2 aromatic rings. The molecule has 0 spiro atoms. The number of fused-ring (bicyclic) bond motifs is 1. The molecule has 4 nitrogen and oxygen atoms in total. The summed E-state index contributed by atoms with van der Waals surface area (Å²) in [6.07, 6.45) is 2.04. The van der Waals surface area contributed by atoms with Gasteiger partial charge in [0.2, 0.25) is 0 Å². The van der Waals surface area contributed by atoms with Gasteiger partial charge in [-0.2, -0.15) is 0 Å². The van der Waals surface area contributed by atoms with Crippen molar-refractivity contribution in [2.45, 2.75) is 18.9 Å². The van der Waals surface area contributed by atoms with Crippen molar-refractivity contribution in [1.29, 1.82) is 0 Å². The van der Waals surface area contributed by atoms with E-state index in [1.165, 1.54) is 0 Å². The van der Waals surface area contributed by atoms with Crippen molar-refractivity contribution < 1.29 is 9.15 Å². The molecule has 3 N–H and O–H groups in total. The summed E-state index contributed by atoms with van der Waals surface area (Å²) in [5.41, 5.74) is 3.82. The number of hydrogen-bond donors (Lipinski definition) is 2. The van der Waals surface area contributed by atoms with Gasteiger partial charge in [0.1, 0.15) is 11.3 Å². The van der Waals surface area contributed by atoms with Crippen LogP contribution in [0.1, 0.15) is 24.6 Å². The first-order valence-corrected chi connectivity index (χ1v) is 6.41. The third-order valence-electron chi connectivity index (χ3n) is 3.67. The van der Waals surface area contributed by atoms with Gasteiger partial charge in [-0.1, -0.05) is 18.2 Å². The summed E-state index contributed by atoms with van der Waals surface area (Å²) in [5, 5.41) is 1.12. The van der Waals surface area contributed by atoms with E-state index < -0.39 is 0 Å².